The van der Waals surface area contributed by atoms with E-state index in [4.69, 9.17) is 4.74 Å². The standard InChI is InChI=1S/C19H27N3O3S.HI/c1-14(2)11-20-19(21-12-15-8-10-26(23,24)13-15)22-17-7-9-25-18-6-4-3-5-16(17)18;/h3-6,15,17H,1,7-13H2,2H3,(H2,20,21,22);1H. The number of fused-ring (bicyclic) bond motifs is 1. The molecule has 2 unspecified atom stereocenters. The lowest BCUT2D eigenvalue weighted by molar-refractivity contribution is 0.261. The Hall–Kier alpha value is -1.29. The molecule has 2 heterocycles. The first-order valence-corrected chi connectivity index (χ1v) is 10.9. The van der Waals surface area contributed by atoms with Crippen molar-refractivity contribution in [3.8, 4) is 5.75 Å². The van der Waals surface area contributed by atoms with Crippen molar-refractivity contribution in [3.05, 3.63) is 42.0 Å². The second-order valence-electron chi connectivity index (χ2n) is 7.14. The van der Waals surface area contributed by atoms with Crippen molar-refractivity contribution in [1.82, 2.24) is 10.6 Å². The lowest BCUT2D eigenvalue weighted by Crippen LogP contribution is -2.43. The maximum Gasteiger partial charge on any atom is 0.192 e. The summed E-state index contributed by atoms with van der Waals surface area (Å²) in [5.41, 5.74) is 2.09. The summed E-state index contributed by atoms with van der Waals surface area (Å²) in [7, 11) is -2.87. The molecule has 1 aromatic rings. The van der Waals surface area contributed by atoms with Crippen LogP contribution in [0.1, 0.15) is 31.4 Å². The van der Waals surface area contributed by atoms with E-state index in [1.54, 1.807) is 0 Å². The van der Waals surface area contributed by atoms with E-state index in [1.807, 2.05) is 25.1 Å². The molecule has 0 amide bonds. The fraction of sp³-hybridized carbons (Fsp3) is 0.526. The van der Waals surface area contributed by atoms with Gasteiger partial charge in [-0.15, -0.1) is 24.0 Å². The summed E-state index contributed by atoms with van der Waals surface area (Å²) in [5, 5.41) is 6.81. The summed E-state index contributed by atoms with van der Waals surface area (Å²) >= 11 is 0. The molecule has 0 aliphatic carbocycles. The monoisotopic (exact) mass is 505 g/mol. The van der Waals surface area contributed by atoms with Gasteiger partial charge in [0.15, 0.2) is 15.8 Å². The van der Waals surface area contributed by atoms with Gasteiger partial charge in [0.05, 0.1) is 30.7 Å². The molecule has 1 fully saturated rings. The van der Waals surface area contributed by atoms with Gasteiger partial charge in [-0.3, -0.25) is 0 Å². The number of ether oxygens (including phenoxy) is 1. The van der Waals surface area contributed by atoms with Crippen molar-refractivity contribution < 1.29 is 13.2 Å². The van der Waals surface area contributed by atoms with Crippen molar-refractivity contribution in [2.45, 2.75) is 25.8 Å². The average Bonchev–Trinajstić information content (AvgIpc) is 2.96. The highest BCUT2D eigenvalue weighted by Crippen LogP contribution is 2.31. The minimum absolute atomic E-state index is 0. The molecule has 2 N–H and O–H groups in total. The van der Waals surface area contributed by atoms with Crippen LogP contribution < -0.4 is 15.4 Å². The molecule has 6 nitrogen and oxygen atoms in total. The van der Waals surface area contributed by atoms with Crippen molar-refractivity contribution >= 4 is 39.8 Å². The number of para-hydroxylation sites is 1. The Morgan fingerprint density at radius 1 is 1.33 bits per heavy atom. The minimum Gasteiger partial charge on any atom is -0.493 e. The number of rotatable bonds is 5. The first-order chi connectivity index (χ1) is 12.4. The quantitative estimate of drug-likeness (QED) is 0.279. The summed E-state index contributed by atoms with van der Waals surface area (Å²) in [6.07, 6.45) is 1.56. The van der Waals surface area contributed by atoms with Crippen LogP contribution in [0.3, 0.4) is 0 Å². The number of guanidine groups is 1. The Kier molecular flexibility index (Phi) is 7.96. The van der Waals surface area contributed by atoms with Gasteiger partial charge in [0, 0.05) is 18.5 Å². The molecule has 0 bridgehead atoms. The molecule has 2 atom stereocenters. The number of nitrogens with zero attached hydrogens (tertiary/aromatic N) is 1. The van der Waals surface area contributed by atoms with Crippen LogP contribution in [0.15, 0.2) is 41.4 Å². The van der Waals surface area contributed by atoms with Gasteiger partial charge in [-0.2, -0.15) is 0 Å². The summed E-state index contributed by atoms with van der Waals surface area (Å²) in [6, 6.07) is 8.12. The fourth-order valence-electron chi connectivity index (χ4n) is 3.30. The Labute approximate surface area is 178 Å². The first kappa shape index (κ1) is 22.0. The number of hydrogen-bond acceptors (Lipinski definition) is 4. The van der Waals surface area contributed by atoms with E-state index >= 15 is 0 Å². The molecule has 27 heavy (non-hydrogen) atoms. The van der Waals surface area contributed by atoms with Gasteiger partial charge in [0.1, 0.15) is 5.75 Å². The van der Waals surface area contributed by atoms with Gasteiger partial charge < -0.3 is 15.4 Å². The Morgan fingerprint density at radius 2 is 2.11 bits per heavy atom. The largest absolute Gasteiger partial charge is 0.493 e. The maximum absolute atomic E-state index is 11.7. The van der Waals surface area contributed by atoms with Crippen molar-refractivity contribution in [3.63, 3.8) is 0 Å². The predicted octanol–water partition coefficient (Wildman–Crippen LogP) is 2.67. The highest BCUT2D eigenvalue weighted by molar-refractivity contribution is 14.0. The zero-order chi connectivity index (χ0) is 18.6. The third kappa shape index (κ3) is 6.38. The Morgan fingerprint density at radius 3 is 2.81 bits per heavy atom. The van der Waals surface area contributed by atoms with Gasteiger partial charge >= 0.3 is 0 Å². The third-order valence-corrected chi connectivity index (χ3v) is 6.50. The first-order valence-electron chi connectivity index (χ1n) is 9.04. The Bertz CT molecular complexity index is 795. The fourth-order valence-corrected chi connectivity index (χ4v) is 5.16. The zero-order valence-corrected chi connectivity index (χ0v) is 18.8. The third-order valence-electron chi connectivity index (χ3n) is 4.66. The Balaban J connectivity index is 0.00000261. The molecule has 0 spiro atoms. The molecule has 3 rings (SSSR count). The molecule has 0 saturated carbocycles. The van der Waals surface area contributed by atoms with Crippen molar-refractivity contribution in [2.75, 3.05) is 31.2 Å². The summed E-state index contributed by atoms with van der Waals surface area (Å²) in [5.74, 6) is 2.28. The lowest BCUT2D eigenvalue weighted by atomic mass is 10.0. The molecular weight excluding hydrogens is 477 g/mol. The molecule has 0 aromatic heterocycles. The molecule has 2 aliphatic rings. The van der Waals surface area contributed by atoms with E-state index in [0.29, 0.717) is 37.8 Å². The predicted molar refractivity (Wildman–Crippen MR) is 120 cm³/mol. The maximum atomic E-state index is 11.7. The van der Waals surface area contributed by atoms with E-state index in [2.05, 4.69) is 28.3 Å². The van der Waals surface area contributed by atoms with Gasteiger partial charge in [0.2, 0.25) is 0 Å². The number of halogens is 1. The average molecular weight is 505 g/mol. The topological polar surface area (TPSA) is 79.8 Å². The minimum atomic E-state index is -2.87. The van der Waals surface area contributed by atoms with Crippen LogP contribution in [-0.2, 0) is 9.84 Å². The van der Waals surface area contributed by atoms with Gasteiger partial charge in [-0.25, -0.2) is 13.4 Å². The van der Waals surface area contributed by atoms with Crippen LogP contribution in [0.5, 0.6) is 5.75 Å². The second-order valence-corrected chi connectivity index (χ2v) is 9.37. The number of aliphatic imine (C=N–C) groups is 1. The zero-order valence-electron chi connectivity index (χ0n) is 15.6. The number of sulfone groups is 1. The molecule has 8 heteroatoms. The van der Waals surface area contributed by atoms with E-state index in [9.17, 15) is 8.42 Å². The number of hydrogen-bond donors (Lipinski definition) is 2. The molecule has 0 radical (unpaired) electrons. The van der Waals surface area contributed by atoms with E-state index in [-0.39, 0.29) is 41.7 Å². The van der Waals surface area contributed by atoms with Gasteiger partial charge in [-0.1, -0.05) is 30.4 Å². The molecule has 1 aromatic carbocycles. The van der Waals surface area contributed by atoms with E-state index in [1.165, 1.54) is 0 Å². The van der Waals surface area contributed by atoms with Crippen molar-refractivity contribution in [1.29, 1.82) is 0 Å². The normalized spacial score (nSPS) is 23.5. The second kappa shape index (κ2) is 9.77. The van der Waals surface area contributed by atoms with Crippen molar-refractivity contribution in [2.24, 2.45) is 10.9 Å². The molecular formula is C19H28IN3O3S. The van der Waals surface area contributed by atoms with Crippen LogP contribution in [0.4, 0.5) is 0 Å². The number of nitrogens with one attached hydrogen (secondary N) is 2. The van der Waals surface area contributed by atoms with Gasteiger partial charge in [-0.05, 0) is 25.3 Å². The number of benzene rings is 1. The van der Waals surface area contributed by atoms with Gasteiger partial charge in [0.25, 0.3) is 0 Å². The summed E-state index contributed by atoms with van der Waals surface area (Å²) < 4.78 is 29.0. The van der Waals surface area contributed by atoms with E-state index in [0.717, 1.165) is 23.3 Å². The van der Waals surface area contributed by atoms with Crippen LogP contribution in [0.25, 0.3) is 0 Å². The van der Waals surface area contributed by atoms with Crippen LogP contribution in [0.2, 0.25) is 0 Å². The highest BCUT2D eigenvalue weighted by Gasteiger charge is 2.28. The van der Waals surface area contributed by atoms with Crippen LogP contribution in [0, 0.1) is 5.92 Å². The summed E-state index contributed by atoms with van der Waals surface area (Å²) in [6.45, 7) is 7.63. The molecule has 150 valence electrons. The SMILES string of the molecule is C=C(C)CN=C(NCC1CCS(=O)(=O)C1)NC1CCOc2ccccc21.I. The lowest BCUT2D eigenvalue weighted by Gasteiger charge is -2.28. The summed E-state index contributed by atoms with van der Waals surface area (Å²) in [4.78, 5) is 4.59. The molecule has 2 aliphatic heterocycles. The highest BCUT2D eigenvalue weighted by atomic mass is 127. The smallest absolute Gasteiger partial charge is 0.192 e. The van der Waals surface area contributed by atoms with Crippen LogP contribution >= 0.6 is 24.0 Å². The van der Waals surface area contributed by atoms with Crippen LogP contribution in [-0.4, -0.2) is 45.6 Å². The van der Waals surface area contributed by atoms with E-state index < -0.39 is 9.84 Å². The molecule has 1 saturated heterocycles.